The number of carbonyl (C=O) groups is 2. The third-order valence-electron chi connectivity index (χ3n) is 4.36. The van der Waals surface area contributed by atoms with Crippen LogP contribution in [-0.4, -0.2) is 36.5 Å². The van der Waals surface area contributed by atoms with Crippen molar-refractivity contribution in [2.45, 2.75) is 13.3 Å². The number of ether oxygens (including phenoxy) is 1. The molecule has 30 heavy (non-hydrogen) atoms. The molecule has 0 saturated heterocycles. The number of amides is 1. The number of nitro groups is 1. The third kappa shape index (κ3) is 5.57. The van der Waals surface area contributed by atoms with Crippen LogP contribution in [0.5, 0.6) is 0 Å². The lowest BCUT2D eigenvalue weighted by Gasteiger charge is -2.08. The first-order valence-corrected chi connectivity index (χ1v) is 9.30. The van der Waals surface area contributed by atoms with Gasteiger partial charge in [0, 0.05) is 41.9 Å². The van der Waals surface area contributed by atoms with E-state index in [9.17, 15) is 19.7 Å². The van der Waals surface area contributed by atoms with Gasteiger partial charge in [-0.2, -0.15) is 0 Å². The number of nitro benzene ring substituents is 1. The molecule has 0 bridgehead atoms. The summed E-state index contributed by atoms with van der Waals surface area (Å²) in [6, 6.07) is 11.7. The lowest BCUT2D eigenvalue weighted by Crippen LogP contribution is -2.32. The molecule has 1 amide bonds. The molecule has 0 spiro atoms. The average Bonchev–Trinajstić information content (AvgIpc) is 3.11. The summed E-state index contributed by atoms with van der Waals surface area (Å²) in [7, 11) is 0. The maximum Gasteiger partial charge on any atom is 0.310 e. The summed E-state index contributed by atoms with van der Waals surface area (Å²) in [5.74, 6) is -0.932. The second-order valence-corrected chi connectivity index (χ2v) is 6.68. The molecule has 0 aliphatic heterocycles. The van der Waals surface area contributed by atoms with Crippen molar-refractivity contribution in [3.05, 3.63) is 70.0 Å². The number of furan rings is 1. The van der Waals surface area contributed by atoms with Gasteiger partial charge < -0.3 is 19.8 Å². The minimum Gasteiger partial charge on any atom is -0.464 e. The van der Waals surface area contributed by atoms with Gasteiger partial charge in [0.2, 0.25) is 0 Å². The number of hydrogen-bond donors (Lipinski definition) is 2. The Morgan fingerprint density at radius 2 is 1.90 bits per heavy atom. The Labute approximate surface area is 172 Å². The van der Waals surface area contributed by atoms with E-state index in [2.05, 4.69) is 10.6 Å². The zero-order valence-electron chi connectivity index (χ0n) is 16.3. The first-order valence-electron chi connectivity index (χ1n) is 9.30. The molecule has 0 saturated carbocycles. The van der Waals surface area contributed by atoms with Crippen molar-refractivity contribution in [3.8, 4) is 0 Å². The van der Waals surface area contributed by atoms with Crippen LogP contribution in [0.3, 0.4) is 0 Å². The van der Waals surface area contributed by atoms with Gasteiger partial charge in [-0.25, -0.2) is 0 Å². The molecule has 0 atom stereocenters. The number of benzene rings is 2. The summed E-state index contributed by atoms with van der Waals surface area (Å²) in [6.45, 7) is 2.30. The number of hydrogen-bond acceptors (Lipinski definition) is 7. The van der Waals surface area contributed by atoms with E-state index < -0.39 is 16.8 Å². The standard InChI is InChI=1S/C21H21N3O6/c1-14-2-7-18-15(12-29-19(18)10-14)11-21(26)30-13-20(25)23-9-8-22-16-3-5-17(6-4-16)24(27)28/h2-7,10,12,22H,8-9,11,13H2,1H3,(H,23,25). The third-order valence-corrected chi connectivity index (χ3v) is 4.36. The number of non-ortho nitro benzene ring substituents is 1. The largest absolute Gasteiger partial charge is 0.464 e. The molecule has 1 heterocycles. The van der Waals surface area contributed by atoms with Crippen LogP contribution in [0.1, 0.15) is 11.1 Å². The van der Waals surface area contributed by atoms with Crippen LogP contribution < -0.4 is 10.6 Å². The van der Waals surface area contributed by atoms with Crippen molar-refractivity contribution in [2.24, 2.45) is 0 Å². The summed E-state index contributed by atoms with van der Waals surface area (Å²) in [5, 5.41) is 17.1. The van der Waals surface area contributed by atoms with Crippen LogP contribution in [0.4, 0.5) is 11.4 Å². The molecule has 156 valence electrons. The molecule has 9 heteroatoms. The summed E-state index contributed by atoms with van der Waals surface area (Å²) in [4.78, 5) is 34.0. The van der Waals surface area contributed by atoms with Gasteiger partial charge in [0.25, 0.3) is 11.6 Å². The van der Waals surface area contributed by atoms with Crippen molar-refractivity contribution in [3.63, 3.8) is 0 Å². The molecule has 0 unspecified atom stereocenters. The molecule has 9 nitrogen and oxygen atoms in total. The number of rotatable bonds is 9. The minimum absolute atomic E-state index is 0.00852. The van der Waals surface area contributed by atoms with Crippen LogP contribution in [0.25, 0.3) is 11.0 Å². The van der Waals surface area contributed by atoms with Crippen LogP contribution >= 0.6 is 0 Å². The SMILES string of the molecule is Cc1ccc2c(CC(=O)OCC(=O)NCCNc3ccc([N+](=O)[O-])cc3)coc2c1. The van der Waals surface area contributed by atoms with Gasteiger partial charge in [-0.1, -0.05) is 12.1 Å². The molecule has 2 N–H and O–H groups in total. The quantitative estimate of drug-likeness (QED) is 0.240. The van der Waals surface area contributed by atoms with Gasteiger partial charge in [0.05, 0.1) is 17.6 Å². The zero-order valence-corrected chi connectivity index (χ0v) is 16.3. The number of nitrogens with zero attached hydrogens (tertiary/aromatic N) is 1. The van der Waals surface area contributed by atoms with E-state index in [4.69, 9.17) is 9.15 Å². The average molecular weight is 411 g/mol. The Hall–Kier alpha value is -3.88. The molecule has 1 aromatic heterocycles. The smallest absolute Gasteiger partial charge is 0.310 e. The predicted molar refractivity (Wildman–Crippen MR) is 110 cm³/mol. The van der Waals surface area contributed by atoms with E-state index in [0.29, 0.717) is 29.9 Å². The number of fused-ring (bicyclic) bond motifs is 1. The van der Waals surface area contributed by atoms with Gasteiger partial charge in [0.1, 0.15) is 5.58 Å². The zero-order chi connectivity index (χ0) is 21.5. The van der Waals surface area contributed by atoms with Crippen molar-refractivity contribution in [1.82, 2.24) is 5.32 Å². The van der Waals surface area contributed by atoms with Gasteiger partial charge >= 0.3 is 5.97 Å². The Morgan fingerprint density at radius 1 is 1.13 bits per heavy atom. The number of aryl methyl sites for hydroxylation is 1. The monoisotopic (exact) mass is 411 g/mol. The fourth-order valence-electron chi connectivity index (χ4n) is 2.84. The number of esters is 1. The molecule has 0 aliphatic rings. The molecular weight excluding hydrogens is 390 g/mol. The highest BCUT2D eigenvalue weighted by molar-refractivity contribution is 5.87. The van der Waals surface area contributed by atoms with Gasteiger partial charge in [0.15, 0.2) is 6.61 Å². The molecule has 0 aliphatic carbocycles. The predicted octanol–water partition coefficient (Wildman–Crippen LogP) is 2.96. The van der Waals surface area contributed by atoms with Crippen LogP contribution in [0.15, 0.2) is 53.1 Å². The maximum absolute atomic E-state index is 12.0. The second kappa shape index (κ2) is 9.55. The highest BCUT2D eigenvalue weighted by Gasteiger charge is 2.13. The van der Waals surface area contributed by atoms with Gasteiger partial charge in [-0.15, -0.1) is 0 Å². The van der Waals surface area contributed by atoms with Crippen LogP contribution in [0, 0.1) is 17.0 Å². The lowest BCUT2D eigenvalue weighted by molar-refractivity contribution is -0.384. The fraction of sp³-hybridized carbons (Fsp3) is 0.238. The molecule has 3 rings (SSSR count). The number of carbonyl (C=O) groups excluding carboxylic acids is 2. The topological polar surface area (TPSA) is 124 Å². The van der Waals surface area contributed by atoms with Gasteiger partial charge in [-0.3, -0.25) is 19.7 Å². The number of anilines is 1. The number of nitrogens with one attached hydrogen (secondary N) is 2. The maximum atomic E-state index is 12.0. The summed E-state index contributed by atoms with van der Waals surface area (Å²) < 4.78 is 10.5. The summed E-state index contributed by atoms with van der Waals surface area (Å²) >= 11 is 0. The van der Waals surface area contributed by atoms with E-state index in [1.807, 2.05) is 25.1 Å². The molecule has 2 aromatic carbocycles. The molecular formula is C21H21N3O6. The molecule has 3 aromatic rings. The van der Waals surface area contributed by atoms with Crippen molar-refractivity contribution < 1.29 is 23.7 Å². The highest BCUT2D eigenvalue weighted by Crippen LogP contribution is 2.23. The Balaban J connectivity index is 1.35. The van der Waals surface area contributed by atoms with Crippen molar-refractivity contribution >= 4 is 34.2 Å². The van der Waals surface area contributed by atoms with E-state index in [0.717, 1.165) is 10.9 Å². The normalized spacial score (nSPS) is 10.6. The van der Waals surface area contributed by atoms with E-state index in [-0.39, 0.29) is 18.7 Å². The Morgan fingerprint density at radius 3 is 2.63 bits per heavy atom. The van der Waals surface area contributed by atoms with Gasteiger partial charge in [-0.05, 0) is 30.7 Å². The Bertz CT molecular complexity index is 1060. The van der Waals surface area contributed by atoms with E-state index >= 15 is 0 Å². The fourth-order valence-corrected chi connectivity index (χ4v) is 2.84. The highest BCUT2D eigenvalue weighted by atomic mass is 16.6. The van der Waals surface area contributed by atoms with E-state index in [1.54, 1.807) is 12.1 Å². The molecule has 0 fully saturated rings. The van der Waals surface area contributed by atoms with Crippen LogP contribution in [0.2, 0.25) is 0 Å². The Kier molecular flexibility index (Phi) is 6.63. The summed E-state index contributed by atoms with van der Waals surface area (Å²) in [5.41, 5.74) is 3.18. The van der Waals surface area contributed by atoms with E-state index in [1.165, 1.54) is 18.4 Å². The molecule has 0 radical (unpaired) electrons. The second-order valence-electron chi connectivity index (χ2n) is 6.68. The van der Waals surface area contributed by atoms with Crippen LogP contribution in [-0.2, 0) is 20.7 Å². The summed E-state index contributed by atoms with van der Waals surface area (Å²) in [6.07, 6.45) is 1.54. The minimum atomic E-state index is -0.516. The first kappa shape index (κ1) is 20.8. The van der Waals surface area contributed by atoms with Crippen molar-refractivity contribution in [2.75, 3.05) is 25.0 Å². The first-order chi connectivity index (χ1) is 14.4. The van der Waals surface area contributed by atoms with Crippen molar-refractivity contribution in [1.29, 1.82) is 0 Å². The lowest BCUT2D eigenvalue weighted by atomic mass is 10.1.